The topological polar surface area (TPSA) is 35.5 Å². The Kier molecular flexibility index (Phi) is 6.82. The van der Waals surface area contributed by atoms with Gasteiger partial charge in [-0.3, -0.25) is 4.79 Å². The van der Waals surface area contributed by atoms with E-state index in [0.29, 0.717) is 18.6 Å². The van der Waals surface area contributed by atoms with E-state index < -0.39 is 26.2 Å². The van der Waals surface area contributed by atoms with Crippen molar-refractivity contribution < 1.29 is 27.1 Å². The lowest BCUT2D eigenvalue weighted by atomic mass is 10.0. The molecule has 0 amide bonds. The van der Waals surface area contributed by atoms with Crippen molar-refractivity contribution in [3.05, 3.63) is 35.4 Å². The minimum Gasteiger partial charge on any atom is -0.466 e. The van der Waals surface area contributed by atoms with Crippen LogP contribution in [0.25, 0.3) is 0 Å². The molecule has 1 aromatic rings. The molecule has 0 aliphatic rings. The summed E-state index contributed by atoms with van der Waals surface area (Å²) in [5, 5.41) is 0. The van der Waals surface area contributed by atoms with Crippen molar-refractivity contribution >= 4 is 14.3 Å². The predicted octanol–water partition coefficient (Wildman–Crippen LogP) is 4.94. The minimum absolute atomic E-state index is 0.171. The van der Waals surface area contributed by atoms with Crippen LogP contribution >= 0.6 is 0 Å². The van der Waals surface area contributed by atoms with Crippen LogP contribution in [-0.2, 0) is 20.1 Å². The van der Waals surface area contributed by atoms with Gasteiger partial charge in [-0.05, 0) is 50.7 Å². The van der Waals surface area contributed by atoms with Crippen LogP contribution in [0.2, 0.25) is 19.6 Å². The molecule has 0 aromatic heterocycles. The number of rotatable bonds is 7. The van der Waals surface area contributed by atoms with Gasteiger partial charge in [0.15, 0.2) is 8.32 Å². The van der Waals surface area contributed by atoms with Crippen molar-refractivity contribution in [3.63, 3.8) is 0 Å². The Hall–Kier alpha value is -1.34. The molecule has 1 atom stereocenters. The molecule has 0 heterocycles. The van der Waals surface area contributed by atoms with Gasteiger partial charge < -0.3 is 9.16 Å². The molecule has 0 N–H and O–H groups in total. The number of hydrogen-bond donors (Lipinski definition) is 0. The smallest absolute Gasteiger partial charge is 0.416 e. The molecule has 0 saturated heterocycles. The molecule has 1 aromatic carbocycles. The maximum atomic E-state index is 12.6. The fourth-order valence-corrected chi connectivity index (χ4v) is 3.20. The molecular weight excluding hydrogens is 325 g/mol. The van der Waals surface area contributed by atoms with Gasteiger partial charge >= 0.3 is 12.1 Å². The first-order valence-corrected chi connectivity index (χ1v) is 10.9. The quantitative estimate of drug-likeness (QED) is 0.517. The Balaban J connectivity index is 2.88. The van der Waals surface area contributed by atoms with Gasteiger partial charge in [-0.2, -0.15) is 13.2 Å². The highest BCUT2D eigenvalue weighted by Gasteiger charge is 2.31. The number of ether oxygens (including phenoxy) is 1. The molecule has 0 fully saturated rings. The third-order valence-electron chi connectivity index (χ3n) is 3.02. The van der Waals surface area contributed by atoms with Crippen LogP contribution in [0.4, 0.5) is 13.2 Å². The fourth-order valence-electron chi connectivity index (χ4n) is 2.09. The third-order valence-corrected chi connectivity index (χ3v) is 4.01. The van der Waals surface area contributed by atoms with Crippen LogP contribution < -0.4 is 0 Å². The summed E-state index contributed by atoms with van der Waals surface area (Å²) in [6.45, 7) is 8.01. The minimum atomic E-state index is -4.36. The van der Waals surface area contributed by atoms with Gasteiger partial charge in [0.1, 0.15) is 0 Å². The lowest BCUT2D eigenvalue weighted by Crippen LogP contribution is -2.28. The van der Waals surface area contributed by atoms with Gasteiger partial charge in [0, 0.05) is 6.42 Å². The molecule has 0 aliphatic carbocycles. The second kappa shape index (κ2) is 7.96. The molecule has 0 saturated carbocycles. The van der Waals surface area contributed by atoms with Gasteiger partial charge in [0.25, 0.3) is 0 Å². The van der Waals surface area contributed by atoms with Crippen molar-refractivity contribution in [1.82, 2.24) is 0 Å². The average molecular weight is 348 g/mol. The third kappa shape index (κ3) is 7.17. The summed E-state index contributed by atoms with van der Waals surface area (Å²) in [7, 11) is -1.92. The molecule has 0 unspecified atom stereocenters. The van der Waals surface area contributed by atoms with Gasteiger partial charge in [0.05, 0.1) is 18.3 Å². The van der Waals surface area contributed by atoms with Crippen LogP contribution in [-0.4, -0.2) is 20.9 Å². The summed E-state index contributed by atoms with van der Waals surface area (Å²) in [5.74, 6) is -0.330. The zero-order valence-electron chi connectivity index (χ0n) is 13.9. The number of esters is 1. The Labute approximate surface area is 135 Å². The second-order valence-corrected chi connectivity index (χ2v) is 10.6. The van der Waals surface area contributed by atoms with Crippen molar-refractivity contribution in [2.45, 2.75) is 51.7 Å². The van der Waals surface area contributed by atoms with E-state index in [9.17, 15) is 18.0 Å². The number of halogens is 3. The van der Waals surface area contributed by atoms with Gasteiger partial charge in [0.2, 0.25) is 0 Å². The fraction of sp³-hybridized carbons (Fsp3) is 0.562. The highest BCUT2D eigenvalue weighted by Crippen LogP contribution is 2.32. The largest absolute Gasteiger partial charge is 0.466 e. The molecule has 1 rings (SSSR count). The number of carbonyl (C=O) groups is 1. The van der Waals surface area contributed by atoms with Gasteiger partial charge in [-0.25, -0.2) is 0 Å². The average Bonchev–Trinajstić information content (AvgIpc) is 2.42. The summed E-state index contributed by atoms with van der Waals surface area (Å²) in [4.78, 5) is 11.5. The lowest BCUT2D eigenvalue weighted by Gasteiger charge is -2.27. The molecule has 130 valence electrons. The highest BCUT2D eigenvalue weighted by molar-refractivity contribution is 6.69. The molecule has 7 heteroatoms. The van der Waals surface area contributed by atoms with Crippen LogP contribution in [0.5, 0.6) is 0 Å². The molecule has 23 heavy (non-hydrogen) atoms. The van der Waals surface area contributed by atoms with Crippen molar-refractivity contribution in [2.75, 3.05) is 6.61 Å². The predicted molar refractivity (Wildman–Crippen MR) is 84.5 cm³/mol. The SMILES string of the molecule is CCOC(=O)CC[C@@H](O[Si](C)(C)C)c1ccc(C(F)(F)F)cc1. The maximum Gasteiger partial charge on any atom is 0.416 e. The number of benzene rings is 1. The van der Waals surface area contributed by atoms with E-state index in [2.05, 4.69) is 0 Å². The first-order valence-electron chi connectivity index (χ1n) is 7.53. The maximum absolute atomic E-state index is 12.6. The molecule has 0 radical (unpaired) electrons. The first kappa shape index (κ1) is 19.7. The van der Waals surface area contributed by atoms with E-state index in [0.717, 1.165) is 12.1 Å². The van der Waals surface area contributed by atoms with E-state index >= 15 is 0 Å². The van der Waals surface area contributed by atoms with E-state index in [1.807, 2.05) is 19.6 Å². The summed E-state index contributed by atoms with van der Waals surface area (Å²) in [6, 6.07) is 4.91. The monoisotopic (exact) mass is 348 g/mol. The van der Waals surface area contributed by atoms with Crippen molar-refractivity contribution in [3.8, 4) is 0 Å². The Morgan fingerprint density at radius 3 is 2.17 bits per heavy atom. The summed E-state index contributed by atoms with van der Waals surface area (Å²) < 4.78 is 48.9. The van der Waals surface area contributed by atoms with Crippen molar-refractivity contribution in [2.24, 2.45) is 0 Å². The first-order chi connectivity index (χ1) is 10.5. The molecule has 3 nitrogen and oxygen atoms in total. The molecule has 0 aliphatic heterocycles. The Morgan fingerprint density at radius 1 is 1.17 bits per heavy atom. The van der Waals surface area contributed by atoms with Gasteiger partial charge in [-0.1, -0.05) is 12.1 Å². The summed E-state index contributed by atoms with van der Waals surface area (Å²) in [5.41, 5.74) is -0.0527. The molecule has 0 bridgehead atoms. The summed E-state index contributed by atoms with van der Waals surface area (Å²) in [6.07, 6.45) is -4.22. The summed E-state index contributed by atoms with van der Waals surface area (Å²) >= 11 is 0. The van der Waals surface area contributed by atoms with Crippen LogP contribution in [0.15, 0.2) is 24.3 Å². The van der Waals surface area contributed by atoms with E-state index in [1.54, 1.807) is 6.92 Å². The van der Waals surface area contributed by atoms with Crippen LogP contribution in [0.3, 0.4) is 0 Å². The molecule has 0 spiro atoms. The number of hydrogen-bond acceptors (Lipinski definition) is 3. The van der Waals surface area contributed by atoms with E-state index in [4.69, 9.17) is 9.16 Å². The highest BCUT2D eigenvalue weighted by atomic mass is 28.4. The normalized spacial score (nSPS) is 13.7. The molecular formula is C16H23F3O3Si. The van der Waals surface area contributed by atoms with E-state index in [1.165, 1.54) is 12.1 Å². The van der Waals surface area contributed by atoms with Crippen molar-refractivity contribution in [1.29, 1.82) is 0 Å². The van der Waals surface area contributed by atoms with Crippen LogP contribution in [0, 0.1) is 0 Å². The Morgan fingerprint density at radius 2 is 1.74 bits per heavy atom. The zero-order valence-corrected chi connectivity index (χ0v) is 14.9. The number of carbonyl (C=O) groups excluding carboxylic acids is 1. The Bertz CT molecular complexity index is 507. The second-order valence-electron chi connectivity index (χ2n) is 6.18. The lowest BCUT2D eigenvalue weighted by molar-refractivity contribution is -0.143. The standard InChI is InChI=1S/C16H23F3O3Si/c1-5-21-15(20)11-10-14(22-23(2,3)4)12-6-8-13(9-7-12)16(17,18)19/h6-9,14H,5,10-11H2,1-4H3/t14-/m1/s1. The van der Waals surface area contributed by atoms with E-state index in [-0.39, 0.29) is 12.4 Å². The van der Waals surface area contributed by atoms with Crippen LogP contribution in [0.1, 0.15) is 37.0 Å². The zero-order chi connectivity index (χ0) is 17.7. The van der Waals surface area contributed by atoms with Gasteiger partial charge in [-0.15, -0.1) is 0 Å². The number of alkyl halides is 3.